The van der Waals surface area contributed by atoms with Crippen LogP contribution in [-0.2, 0) is 16.0 Å². The summed E-state index contributed by atoms with van der Waals surface area (Å²) in [6.07, 6.45) is 3.46. The van der Waals surface area contributed by atoms with Gasteiger partial charge in [0.05, 0.1) is 11.8 Å². The van der Waals surface area contributed by atoms with Crippen molar-refractivity contribution < 1.29 is 9.53 Å². The van der Waals surface area contributed by atoms with Crippen LogP contribution in [0.2, 0.25) is 0 Å². The van der Waals surface area contributed by atoms with Crippen molar-refractivity contribution in [3.05, 3.63) is 28.7 Å². The van der Waals surface area contributed by atoms with Gasteiger partial charge in [-0.2, -0.15) is 5.10 Å². The molecular weight excluding hydrogens is 292 g/mol. The van der Waals surface area contributed by atoms with Crippen molar-refractivity contribution in [3.63, 3.8) is 0 Å². The van der Waals surface area contributed by atoms with E-state index in [1.807, 2.05) is 31.4 Å². The Morgan fingerprint density at radius 2 is 2.26 bits per heavy atom. The third kappa shape index (κ3) is 3.52. The number of hydrogen-bond acceptors (Lipinski definition) is 4. The molecule has 0 aliphatic carbocycles. The van der Waals surface area contributed by atoms with Gasteiger partial charge in [0.2, 0.25) is 5.91 Å². The summed E-state index contributed by atoms with van der Waals surface area (Å²) in [6.45, 7) is 7.42. The number of hydrogen-bond donors (Lipinski definition) is 1. The Morgan fingerprint density at radius 3 is 3.00 bits per heavy atom. The number of ether oxygens (including phenoxy) is 1. The Balaban J connectivity index is 1.63. The summed E-state index contributed by atoms with van der Waals surface area (Å²) < 4.78 is 7.38. The number of carbonyl (C=O) groups excluding carboxylic acids is 1. The van der Waals surface area contributed by atoms with Crippen LogP contribution in [-0.4, -0.2) is 39.8 Å². The number of nitrogens with one attached hydrogen (secondary N) is 1. The molecule has 2 aromatic heterocycles. The maximum Gasteiger partial charge on any atom is 0.220 e. The first-order valence-electron chi connectivity index (χ1n) is 8.25. The molecule has 1 N–H and O–H groups in total. The molecule has 23 heavy (non-hydrogen) atoms. The number of aromatic nitrogens is 3. The lowest BCUT2D eigenvalue weighted by Gasteiger charge is -2.13. The fourth-order valence-corrected chi connectivity index (χ4v) is 3.16. The quantitative estimate of drug-likeness (QED) is 0.914. The number of amides is 1. The monoisotopic (exact) mass is 316 g/mol. The van der Waals surface area contributed by atoms with E-state index < -0.39 is 0 Å². The van der Waals surface area contributed by atoms with E-state index in [4.69, 9.17) is 4.74 Å². The van der Waals surface area contributed by atoms with E-state index in [9.17, 15) is 4.79 Å². The molecule has 0 unspecified atom stereocenters. The molecule has 0 saturated carbocycles. The van der Waals surface area contributed by atoms with E-state index in [2.05, 4.69) is 15.4 Å². The molecule has 124 valence electrons. The molecule has 1 atom stereocenters. The summed E-state index contributed by atoms with van der Waals surface area (Å²) in [5.41, 5.74) is 4.96. The second kappa shape index (κ2) is 6.66. The largest absolute Gasteiger partial charge is 0.376 e. The molecule has 2 aromatic rings. The molecule has 0 aromatic carbocycles. The average molecular weight is 316 g/mol. The van der Waals surface area contributed by atoms with Crippen LogP contribution in [0.15, 0.2) is 6.07 Å². The third-order valence-corrected chi connectivity index (χ3v) is 4.44. The maximum absolute atomic E-state index is 12.1. The Bertz CT molecular complexity index is 717. The second-order valence-corrected chi connectivity index (χ2v) is 6.26. The van der Waals surface area contributed by atoms with Gasteiger partial charge in [-0.05, 0) is 45.6 Å². The molecule has 0 radical (unpaired) electrons. The minimum Gasteiger partial charge on any atom is -0.376 e. The number of aryl methyl sites for hydroxylation is 3. The average Bonchev–Trinajstić information content (AvgIpc) is 3.14. The Morgan fingerprint density at radius 1 is 1.43 bits per heavy atom. The van der Waals surface area contributed by atoms with E-state index in [0.29, 0.717) is 19.4 Å². The fourth-order valence-electron chi connectivity index (χ4n) is 3.16. The van der Waals surface area contributed by atoms with Gasteiger partial charge in [-0.1, -0.05) is 0 Å². The lowest BCUT2D eigenvalue weighted by Crippen LogP contribution is -2.32. The topological polar surface area (TPSA) is 68.5 Å². The van der Waals surface area contributed by atoms with E-state index in [-0.39, 0.29) is 12.0 Å². The van der Waals surface area contributed by atoms with E-state index in [1.165, 1.54) is 0 Å². The zero-order valence-corrected chi connectivity index (χ0v) is 14.1. The maximum atomic E-state index is 12.1. The minimum absolute atomic E-state index is 0.0658. The molecule has 6 nitrogen and oxygen atoms in total. The SMILES string of the molecule is Cc1cc2nc(C)c(CCC(=O)NC[C@H]3CCCO3)c(C)n2n1. The summed E-state index contributed by atoms with van der Waals surface area (Å²) in [5, 5.41) is 7.44. The first-order chi connectivity index (χ1) is 11.0. The van der Waals surface area contributed by atoms with Gasteiger partial charge in [-0.25, -0.2) is 9.50 Å². The Labute approximate surface area is 136 Å². The molecule has 1 aliphatic rings. The predicted molar refractivity (Wildman–Crippen MR) is 87.5 cm³/mol. The predicted octanol–water partition coefficient (Wildman–Crippen LogP) is 1.88. The summed E-state index contributed by atoms with van der Waals surface area (Å²) in [6, 6.07) is 1.97. The van der Waals surface area contributed by atoms with E-state index >= 15 is 0 Å². The summed E-state index contributed by atoms with van der Waals surface area (Å²) >= 11 is 0. The Hall–Kier alpha value is -1.95. The van der Waals surface area contributed by atoms with Gasteiger partial charge in [0, 0.05) is 37.0 Å². The van der Waals surface area contributed by atoms with Crippen LogP contribution in [0.1, 0.15) is 41.9 Å². The highest BCUT2D eigenvalue weighted by Crippen LogP contribution is 2.17. The smallest absolute Gasteiger partial charge is 0.220 e. The van der Waals surface area contributed by atoms with Gasteiger partial charge < -0.3 is 10.1 Å². The van der Waals surface area contributed by atoms with Gasteiger partial charge in [0.15, 0.2) is 5.65 Å². The van der Waals surface area contributed by atoms with Crippen LogP contribution in [0, 0.1) is 20.8 Å². The van der Waals surface area contributed by atoms with Crippen LogP contribution < -0.4 is 5.32 Å². The molecule has 1 aliphatic heterocycles. The second-order valence-electron chi connectivity index (χ2n) is 6.26. The Kier molecular flexibility index (Phi) is 4.61. The van der Waals surface area contributed by atoms with Crippen molar-refractivity contribution in [2.24, 2.45) is 0 Å². The summed E-state index contributed by atoms with van der Waals surface area (Å²) in [7, 11) is 0. The first-order valence-corrected chi connectivity index (χ1v) is 8.25. The van der Waals surface area contributed by atoms with Crippen LogP contribution in [0.5, 0.6) is 0 Å². The molecule has 1 saturated heterocycles. The normalized spacial score (nSPS) is 17.8. The standard InChI is InChI=1S/C17H24N4O2/c1-11-9-16-19-12(2)15(13(3)21(16)20-11)6-7-17(22)18-10-14-5-4-8-23-14/h9,14H,4-8,10H2,1-3H3,(H,18,22)/t14-/m1/s1. The molecule has 0 bridgehead atoms. The van der Waals surface area contributed by atoms with Gasteiger partial charge >= 0.3 is 0 Å². The van der Waals surface area contributed by atoms with Crippen molar-refractivity contribution in [1.29, 1.82) is 0 Å². The van der Waals surface area contributed by atoms with Crippen molar-refractivity contribution in [1.82, 2.24) is 19.9 Å². The fraction of sp³-hybridized carbons (Fsp3) is 0.588. The van der Waals surface area contributed by atoms with Crippen LogP contribution in [0.3, 0.4) is 0 Å². The minimum atomic E-state index is 0.0658. The summed E-state index contributed by atoms with van der Waals surface area (Å²) in [5.74, 6) is 0.0658. The molecule has 6 heteroatoms. The van der Waals surface area contributed by atoms with Gasteiger partial charge in [0.25, 0.3) is 0 Å². The van der Waals surface area contributed by atoms with Crippen LogP contribution >= 0.6 is 0 Å². The van der Waals surface area contributed by atoms with Gasteiger partial charge in [0.1, 0.15) is 0 Å². The molecule has 1 fully saturated rings. The molecule has 3 rings (SSSR count). The van der Waals surface area contributed by atoms with E-state index in [0.717, 1.165) is 47.7 Å². The zero-order chi connectivity index (χ0) is 16.4. The van der Waals surface area contributed by atoms with Crippen LogP contribution in [0.25, 0.3) is 5.65 Å². The van der Waals surface area contributed by atoms with Crippen molar-refractivity contribution in [2.45, 2.75) is 52.6 Å². The summed E-state index contributed by atoms with van der Waals surface area (Å²) in [4.78, 5) is 16.6. The molecule has 1 amide bonds. The molecule has 3 heterocycles. The lowest BCUT2D eigenvalue weighted by molar-refractivity contribution is -0.121. The van der Waals surface area contributed by atoms with Crippen molar-refractivity contribution in [2.75, 3.05) is 13.2 Å². The molecule has 0 spiro atoms. The van der Waals surface area contributed by atoms with E-state index in [1.54, 1.807) is 0 Å². The highest BCUT2D eigenvalue weighted by Gasteiger charge is 2.17. The number of rotatable bonds is 5. The van der Waals surface area contributed by atoms with Crippen molar-refractivity contribution in [3.8, 4) is 0 Å². The third-order valence-electron chi connectivity index (χ3n) is 4.44. The highest BCUT2D eigenvalue weighted by molar-refractivity contribution is 5.76. The molecular formula is C17H24N4O2. The number of nitrogens with zero attached hydrogens (tertiary/aromatic N) is 3. The first kappa shape index (κ1) is 15.9. The van der Waals surface area contributed by atoms with Gasteiger partial charge in [-0.3, -0.25) is 4.79 Å². The highest BCUT2D eigenvalue weighted by atomic mass is 16.5. The number of carbonyl (C=O) groups is 1. The van der Waals surface area contributed by atoms with Crippen molar-refractivity contribution >= 4 is 11.6 Å². The lowest BCUT2D eigenvalue weighted by atomic mass is 10.1. The number of fused-ring (bicyclic) bond motifs is 1. The van der Waals surface area contributed by atoms with Gasteiger partial charge in [-0.15, -0.1) is 0 Å². The van der Waals surface area contributed by atoms with Crippen LogP contribution in [0.4, 0.5) is 0 Å². The zero-order valence-electron chi connectivity index (χ0n) is 14.1.